The van der Waals surface area contributed by atoms with Crippen molar-refractivity contribution in [1.29, 1.82) is 0 Å². The third-order valence-corrected chi connectivity index (χ3v) is 1.87. The Bertz CT molecular complexity index is 240. The molecule has 13 heavy (non-hydrogen) atoms. The Balaban J connectivity index is 0.000000671. The van der Waals surface area contributed by atoms with E-state index in [2.05, 4.69) is 44.2 Å². The molecule has 1 rings (SSSR count). The molecule has 2 heteroatoms. The lowest BCUT2D eigenvalue weighted by Gasteiger charge is -2.01. The third-order valence-electron chi connectivity index (χ3n) is 1.87. The van der Waals surface area contributed by atoms with Crippen LogP contribution in [0.15, 0.2) is 36.4 Å². The Labute approximate surface area is 79.1 Å². The second-order valence-electron chi connectivity index (χ2n) is 2.53. The van der Waals surface area contributed by atoms with Crippen LogP contribution in [0.25, 0.3) is 5.57 Å². The van der Waals surface area contributed by atoms with Gasteiger partial charge in [-0.2, -0.15) is 0 Å². The van der Waals surface area contributed by atoms with Gasteiger partial charge in [-0.1, -0.05) is 43.3 Å². The SMILES string of the molecule is C/C=C(/CC)c1ccccc1.OO. The van der Waals surface area contributed by atoms with Crippen LogP contribution in [-0.4, -0.2) is 10.5 Å². The molecule has 72 valence electrons. The molecule has 0 saturated heterocycles. The molecule has 0 radical (unpaired) electrons. The van der Waals surface area contributed by atoms with Gasteiger partial charge in [0.1, 0.15) is 0 Å². The molecule has 0 aliphatic rings. The first kappa shape index (κ1) is 11.9. The Morgan fingerprint density at radius 2 is 1.77 bits per heavy atom. The van der Waals surface area contributed by atoms with Crippen molar-refractivity contribution in [1.82, 2.24) is 0 Å². The number of benzene rings is 1. The zero-order valence-corrected chi connectivity index (χ0v) is 8.07. The lowest BCUT2D eigenvalue weighted by Crippen LogP contribution is -1.79. The molecular weight excluding hydrogens is 164 g/mol. The van der Waals surface area contributed by atoms with Crippen molar-refractivity contribution < 1.29 is 10.5 Å². The second-order valence-corrected chi connectivity index (χ2v) is 2.53. The van der Waals surface area contributed by atoms with Gasteiger partial charge in [0, 0.05) is 0 Å². The normalized spacial score (nSPS) is 10.3. The maximum Gasteiger partial charge on any atom is -0.0228 e. The average molecular weight is 180 g/mol. The molecule has 1 aromatic carbocycles. The van der Waals surface area contributed by atoms with Gasteiger partial charge in [0.2, 0.25) is 0 Å². The molecule has 0 amide bonds. The minimum Gasteiger partial charge on any atom is -0.255 e. The average Bonchev–Trinajstić information content (AvgIpc) is 2.24. The first-order valence-electron chi connectivity index (χ1n) is 4.29. The van der Waals surface area contributed by atoms with Crippen LogP contribution in [0.3, 0.4) is 0 Å². The van der Waals surface area contributed by atoms with Gasteiger partial charge in [0.05, 0.1) is 0 Å². The quantitative estimate of drug-likeness (QED) is 0.540. The van der Waals surface area contributed by atoms with Crippen LogP contribution in [0, 0.1) is 0 Å². The highest BCUT2D eigenvalue weighted by Crippen LogP contribution is 2.16. The van der Waals surface area contributed by atoms with E-state index in [1.807, 2.05) is 6.07 Å². The zero-order valence-electron chi connectivity index (χ0n) is 8.07. The highest BCUT2D eigenvalue weighted by Gasteiger charge is 1.93. The molecule has 2 nitrogen and oxygen atoms in total. The number of allylic oxidation sites excluding steroid dienone is 2. The summed E-state index contributed by atoms with van der Waals surface area (Å²) in [6.45, 7) is 4.27. The highest BCUT2D eigenvalue weighted by atomic mass is 17.0. The molecule has 2 N–H and O–H groups in total. The molecule has 0 aliphatic carbocycles. The van der Waals surface area contributed by atoms with Crippen LogP contribution in [0.1, 0.15) is 25.8 Å². The lowest BCUT2D eigenvalue weighted by molar-refractivity contribution is -0.176. The smallest absolute Gasteiger partial charge is 0.0228 e. The number of hydrogen-bond donors (Lipinski definition) is 2. The van der Waals surface area contributed by atoms with E-state index < -0.39 is 0 Å². The van der Waals surface area contributed by atoms with Gasteiger partial charge >= 0.3 is 0 Å². The maximum atomic E-state index is 6.00. The molecule has 0 atom stereocenters. The van der Waals surface area contributed by atoms with E-state index in [0.29, 0.717) is 0 Å². The van der Waals surface area contributed by atoms with Gasteiger partial charge in [-0.3, -0.25) is 10.5 Å². The fraction of sp³-hybridized carbons (Fsp3) is 0.273. The third kappa shape index (κ3) is 3.87. The van der Waals surface area contributed by atoms with Gasteiger partial charge in [-0.25, -0.2) is 0 Å². The molecule has 0 saturated carbocycles. The van der Waals surface area contributed by atoms with Gasteiger partial charge in [-0.15, -0.1) is 0 Å². The molecule has 0 aliphatic heterocycles. The predicted molar refractivity (Wildman–Crippen MR) is 55.6 cm³/mol. The Hall–Kier alpha value is -1.12. The Morgan fingerprint density at radius 1 is 1.23 bits per heavy atom. The standard InChI is InChI=1S/C11H14.H2O2/c1-3-10(4-2)11-8-6-5-7-9-11;1-2/h3,5-9H,4H2,1-2H3;1-2H/b10-3-;. The van der Waals surface area contributed by atoms with E-state index in [9.17, 15) is 0 Å². The first-order valence-corrected chi connectivity index (χ1v) is 4.29. The summed E-state index contributed by atoms with van der Waals surface area (Å²) in [5, 5.41) is 12.0. The largest absolute Gasteiger partial charge is 0.255 e. The van der Waals surface area contributed by atoms with Crippen molar-refractivity contribution in [2.24, 2.45) is 0 Å². The van der Waals surface area contributed by atoms with Crippen molar-refractivity contribution in [3.8, 4) is 0 Å². The predicted octanol–water partition coefficient (Wildman–Crippen LogP) is 3.52. The van der Waals surface area contributed by atoms with Crippen LogP contribution < -0.4 is 0 Å². The molecule has 0 unspecified atom stereocenters. The molecule has 0 spiro atoms. The van der Waals surface area contributed by atoms with Gasteiger partial charge < -0.3 is 0 Å². The summed E-state index contributed by atoms with van der Waals surface area (Å²) < 4.78 is 0. The molecule has 0 heterocycles. The van der Waals surface area contributed by atoms with E-state index in [1.165, 1.54) is 11.1 Å². The molecule has 0 fully saturated rings. The summed E-state index contributed by atoms with van der Waals surface area (Å²) in [7, 11) is 0. The summed E-state index contributed by atoms with van der Waals surface area (Å²) in [6.07, 6.45) is 3.29. The summed E-state index contributed by atoms with van der Waals surface area (Å²) in [4.78, 5) is 0. The van der Waals surface area contributed by atoms with Gasteiger partial charge in [0.25, 0.3) is 0 Å². The Kier molecular flexibility index (Phi) is 6.88. The lowest BCUT2D eigenvalue weighted by atomic mass is 10.0. The van der Waals surface area contributed by atoms with E-state index in [4.69, 9.17) is 10.5 Å². The monoisotopic (exact) mass is 180 g/mol. The summed E-state index contributed by atoms with van der Waals surface area (Å²) in [6, 6.07) is 10.5. The van der Waals surface area contributed by atoms with Crippen LogP contribution in [0.5, 0.6) is 0 Å². The minimum absolute atomic E-state index is 1.11. The van der Waals surface area contributed by atoms with E-state index in [0.717, 1.165) is 6.42 Å². The first-order chi connectivity index (χ1) is 6.38. The van der Waals surface area contributed by atoms with Crippen molar-refractivity contribution >= 4 is 5.57 Å². The van der Waals surface area contributed by atoms with Gasteiger partial charge in [-0.05, 0) is 24.5 Å². The topological polar surface area (TPSA) is 40.5 Å². The molecule has 0 aromatic heterocycles. The second kappa shape index (κ2) is 7.53. The summed E-state index contributed by atoms with van der Waals surface area (Å²) >= 11 is 0. The van der Waals surface area contributed by atoms with Crippen molar-refractivity contribution in [2.75, 3.05) is 0 Å². The highest BCUT2D eigenvalue weighted by molar-refractivity contribution is 5.64. The van der Waals surface area contributed by atoms with Crippen molar-refractivity contribution in [3.63, 3.8) is 0 Å². The summed E-state index contributed by atoms with van der Waals surface area (Å²) in [5.74, 6) is 0. The fourth-order valence-electron chi connectivity index (χ4n) is 1.23. The van der Waals surface area contributed by atoms with E-state index >= 15 is 0 Å². The number of rotatable bonds is 2. The van der Waals surface area contributed by atoms with Crippen LogP contribution in [0.4, 0.5) is 0 Å². The molecular formula is C11H16O2. The van der Waals surface area contributed by atoms with Crippen molar-refractivity contribution in [3.05, 3.63) is 42.0 Å². The fourth-order valence-corrected chi connectivity index (χ4v) is 1.23. The zero-order chi connectivity index (χ0) is 10.1. The van der Waals surface area contributed by atoms with E-state index in [1.54, 1.807) is 0 Å². The van der Waals surface area contributed by atoms with Gasteiger partial charge in [0.15, 0.2) is 0 Å². The Morgan fingerprint density at radius 3 is 2.15 bits per heavy atom. The molecule has 0 bridgehead atoms. The minimum atomic E-state index is 1.11. The van der Waals surface area contributed by atoms with Crippen molar-refractivity contribution in [2.45, 2.75) is 20.3 Å². The van der Waals surface area contributed by atoms with Crippen LogP contribution in [0.2, 0.25) is 0 Å². The molecule has 1 aromatic rings. The summed E-state index contributed by atoms with van der Waals surface area (Å²) in [5.41, 5.74) is 2.77. The van der Waals surface area contributed by atoms with Crippen LogP contribution in [-0.2, 0) is 0 Å². The van der Waals surface area contributed by atoms with E-state index in [-0.39, 0.29) is 0 Å². The van der Waals surface area contributed by atoms with Crippen LogP contribution >= 0.6 is 0 Å². The number of hydrogen-bond acceptors (Lipinski definition) is 2. The maximum absolute atomic E-state index is 6.00.